The van der Waals surface area contributed by atoms with Crippen LogP contribution in [0.25, 0.3) is 0 Å². The van der Waals surface area contributed by atoms with E-state index >= 15 is 0 Å². The number of carboxylic acids is 1. The lowest BCUT2D eigenvalue weighted by Crippen LogP contribution is -2.75. The van der Waals surface area contributed by atoms with Gasteiger partial charge in [0.25, 0.3) is 11.8 Å². The molecule has 1 aromatic heterocycles. The molecule has 2 amide bonds. The fourth-order valence-corrected chi connectivity index (χ4v) is 10.7. The third-order valence-corrected chi connectivity index (χ3v) is 13.8. The molecule has 0 spiro atoms. The summed E-state index contributed by atoms with van der Waals surface area (Å²) in [7, 11) is 1.85. The Morgan fingerprint density at radius 1 is 0.968 bits per heavy atom. The fraction of sp³-hybridized carbons (Fsp3) is 0.311. The lowest BCUT2D eigenvalue weighted by atomic mass is 9.77. The van der Waals surface area contributed by atoms with Crippen LogP contribution in [0.5, 0.6) is 0 Å². The number of esters is 1. The predicted octanol–water partition coefficient (Wildman–Crippen LogP) is 5.69. The van der Waals surface area contributed by atoms with Crippen LogP contribution in [-0.4, -0.2) is 107 Å². The average Bonchev–Trinajstić information content (AvgIpc) is 3.72. The first-order valence-corrected chi connectivity index (χ1v) is 23.2. The topological polar surface area (TPSA) is 198 Å². The van der Waals surface area contributed by atoms with Gasteiger partial charge in [0.1, 0.15) is 28.3 Å². The smallest absolute Gasteiger partial charge is 0.353 e. The van der Waals surface area contributed by atoms with Crippen molar-refractivity contribution in [3.05, 3.63) is 142 Å². The molecule has 3 aliphatic rings. The van der Waals surface area contributed by atoms with E-state index in [-0.39, 0.29) is 22.9 Å². The van der Waals surface area contributed by atoms with Crippen LogP contribution < -0.4 is 10.6 Å². The summed E-state index contributed by atoms with van der Waals surface area (Å²) >= 11 is 0.666. The number of nitrogens with zero attached hydrogens (tertiary/aromatic N) is 5. The van der Waals surface area contributed by atoms with Gasteiger partial charge in [-0.25, -0.2) is 19.6 Å². The van der Waals surface area contributed by atoms with Crippen LogP contribution in [0.1, 0.15) is 57.0 Å². The van der Waals surface area contributed by atoms with Crippen molar-refractivity contribution >= 4 is 74.0 Å². The molecule has 0 bridgehead atoms. The number of carboxylic acid groups (broad SMARTS) is 1. The van der Waals surface area contributed by atoms with Gasteiger partial charge in [0.2, 0.25) is 11.0 Å². The third-order valence-electron chi connectivity index (χ3n) is 10.2. The highest BCUT2D eigenvalue weighted by Crippen LogP contribution is 2.41. The highest BCUT2D eigenvalue weighted by atomic mass is 32.2. The molecule has 15 nitrogen and oxygen atoms in total. The summed E-state index contributed by atoms with van der Waals surface area (Å²) in [5.41, 5.74) is -1.11. The molecule has 63 heavy (non-hydrogen) atoms. The van der Waals surface area contributed by atoms with E-state index in [1.165, 1.54) is 36.9 Å². The van der Waals surface area contributed by atoms with Gasteiger partial charge in [-0.1, -0.05) is 108 Å². The number of ether oxygens (including phenoxy) is 1. The van der Waals surface area contributed by atoms with Crippen molar-refractivity contribution in [3.8, 4) is 0 Å². The summed E-state index contributed by atoms with van der Waals surface area (Å²) in [6.45, 7) is 8.61. The Morgan fingerprint density at radius 3 is 2.10 bits per heavy atom. The second-order valence-corrected chi connectivity index (χ2v) is 19.7. The molecule has 0 radical (unpaired) electrons. The summed E-state index contributed by atoms with van der Waals surface area (Å²) in [6, 6.07) is 28.2. The molecule has 1 fully saturated rings. The number of β-lactam (4-membered cyclic amide) rings is 1. The van der Waals surface area contributed by atoms with Crippen molar-refractivity contribution in [2.75, 3.05) is 30.4 Å². The van der Waals surface area contributed by atoms with E-state index in [4.69, 9.17) is 14.6 Å². The van der Waals surface area contributed by atoms with E-state index in [1.807, 2.05) is 109 Å². The number of thiazole rings is 1. The molecular weight excluding hydrogens is 863 g/mol. The van der Waals surface area contributed by atoms with E-state index < -0.39 is 68.8 Å². The molecule has 18 heteroatoms. The molecule has 4 aromatic rings. The Morgan fingerprint density at radius 2 is 1.56 bits per heavy atom. The van der Waals surface area contributed by atoms with Crippen molar-refractivity contribution in [1.29, 1.82) is 0 Å². The van der Waals surface area contributed by atoms with Crippen molar-refractivity contribution < 1.29 is 38.4 Å². The number of carbonyl (C=O) groups is 4. The summed E-state index contributed by atoms with van der Waals surface area (Å²) in [4.78, 5) is 71.9. The van der Waals surface area contributed by atoms with Crippen LogP contribution >= 0.6 is 23.1 Å². The first-order valence-electron chi connectivity index (χ1n) is 19.9. The minimum atomic E-state index is -1.80. The van der Waals surface area contributed by atoms with Crippen molar-refractivity contribution in [3.63, 3.8) is 0 Å². The number of carbonyl (C=O) groups excluding carboxylic acids is 3. The Kier molecular flexibility index (Phi) is 13.2. The van der Waals surface area contributed by atoms with Crippen LogP contribution in [0.4, 0.5) is 5.13 Å². The fourth-order valence-electron chi connectivity index (χ4n) is 7.15. The van der Waals surface area contributed by atoms with Gasteiger partial charge in [-0.15, -0.1) is 11.3 Å². The van der Waals surface area contributed by atoms with Crippen LogP contribution in [0.3, 0.4) is 0 Å². The van der Waals surface area contributed by atoms with Crippen molar-refractivity contribution in [2.45, 2.75) is 62.8 Å². The Hall–Kier alpha value is -5.95. The first-order chi connectivity index (χ1) is 30.0. The molecule has 3 aliphatic heterocycles. The summed E-state index contributed by atoms with van der Waals surface area (Å²) < 4.78 is 19.4. The Bertz CT molecular complexity index is 2390. The predicted molar refractivity (Wildman–Crippen MR) is 244 cm³/mol. The summed E-state index contributed by atoms with van der Waals surface area (Å²) in [5.74, 6) is -3.80. The standard InChI is InChI=1S/C45H47N7O8S3/c1-43(2,3)59-40(57)44(4,5)60-50-33(36(53)48-34-37(54)52-35(39(55)56)28(27-63(58)38(34)52)25-62-42-46-23-16-24-51(42)6)32-26-61-41(47-32)49-45(29-17-10-7-11-18-29,30-19-12-8-13-20-30)31-21-14-9-15-22-31/h7-23,26,34,38H,24-25,27H2,1-6H3,(H,47,49)(H,48,53)(H,55,56)/b50-33-/t34-,38-,63+/m1/s1. The number of likely N-dealkylation sites (N-methyl/N-ethyl adjacent to an activating group) is 1. The lowest BCUT2D eigenvalue weighted by molar-refractivity contribution is -0.179. The van der Waals surface area contributed by atoms with Gasteiger partial charge in [0, 0.05) is 36.5 Å². The van der Waals surface area contributed by atoms with Crippen LogP contribution in [0, 0.1) is 0 Å². The van der Waals surface area contributed by atoms with Gasteiger partial charge < -0.3 is 34.8 Å². The number of hydrogen-bond donors (Lipinski definition) is 3. The zero-order valence-electron chi connectivity index (χ0n) is 35.4. The normalized spacial score (nSPS) is 19.2. The lowest BCUT2D eigenvalue weighted by Gasteiger charge is -2.49. The number of amidine groups is 1. The molecule has 1 saturated heterocycles. The van der Waals surface area contributed by atoms with Crippen LogP contribution in [0.15, 0.2) is 130 Å². The Balaban J connectivity index is 1.22. The van der Waals surface area contributed by atoms with Crippen LogP contribution in [-0.2, 0) is 45.5 Å². The number of thioether (sulfide) groups is 1. The number of fused-ring (bicyclic) bond motifs is 1. The van der Waals surface area contributed by atoms with Gasteiger partial charge in [0.15, 0.2) is 22.1 Å². The molecule has 0 aliphatic carbocycles. The number of aromatic nitrogens is 1. The van der Waals surface area contributed by atoms with E-state index in [2.05, 4.69) is 20.8 Å². The zero-order chi connectivity index (χ0) is 45.1. The van der Waals surface area contributed by atoms with E-state index in [0.717, 1.165) is 21.6 Å². The van der Waals surface area contributed by atoms with Crippen LogP contribution in [0.2, 0.25) is 0 Å². The number of hydrogen-bond acceptors (Lipinski definition) is 14. The number of aliphatic imine (C=N–C) groups is 1. The SMILES string of the molecule is CN1CC=CN=C1SCC1=C(C(=O)O)N2C(=O)[C@@H](NC(=O)/C(=N\OC(C)(C)C(=O)OC(C)(C)C)c3csc(NC(c4ccccc4)(c4ccccc4)c4ccccc4)n3)[C@H]2[S@@+]([O-])C1. The molecule has 3 N–H and O–H groups in total. The van der Waals surface area contributed by atoms with Gasteiger partial charge in [0.05, 0.1) is 0 Å². The summed E-state index contributed by atoms with van der Waals surface area (Å²) in [5, 5.41) is 22.2. The molecule has 3 aromatic carbocycles. The van der Waals surface area contributed by atoms with E-state index in [9.17, 15) is 28.8 Å². The molecular formula is C45H47N7O8S3. The number of aliphatic carboxylic acids is 1. The summed E-state index contributed by atoms with van der Waals surface area (Å²) in [6.07, 6.45) is 3.54. The maximum Gasteiger partial charge on any atom is 0.353 e. The quantitative estimate of drug-likeness (QED) is 0.0350. The van der Waals surface area contributed by atoms with Crippen molar-refractivity contribution in [2.24, 2.45) is 10.1 Å². The monoisotopic (exact) mass is 909 g/mol. The molecule has 0 unspecified atom stereocenters. The zero-order valence-corrected chi connectivity index (χ0v) is 37.9. The van der Waals surface area contributed by atoms with E-state index in [1.54, 1.807) is 32.4 Å². The number of oxime groups is 1. The molecule has 328 valence electrons. The molecule has 7 rings (SSSR count). The average molecular weight is 910 g/mol. The van der Waals surface area contributed by atoms with Gasteiger partial charge in [-0.3, -0.25) is 14.5 Å². The number of anilines is 1. The number of benzene rings is 3. The van der Waals surface area contributed by atoms with E-state index in [0.29, 0.717) is 22.4 Å². The maximum atomic E-state index is 14.4. The first kappa shape index (κ1) is 45.1. The molecule has 4 heterocycles. The maximum absolute atomic E-state index is 14.4. The van der Waals surface area contributed by atoms with Gasteiger partial charge in [-0.2, -0.15) is 0 Å². The largest absolute Gasteiger partial charge is 0.614 e. The second-order valence-electron chi connectivity index (χ2n) is 16.4. The molecule has 0 saturated carbocycles. The number of amides is 2. The Labute approximate surface area is 376 Å². The minimum Gasteiger partial charge on any atom is -0.614 e. The highest BCUT2D eigenvalue weighted by molar-refractivity contribution is 8.14. The highest BCUT2D eigenvalue weighted by Gasteiger charge is 2.61. The minimum absolute atomic E-state index is 0.0346. The second kappa shape index (κ2) is 18.4. The number of nitrogens with one attached hydrogen (secondary N) is 2. The van der Waals surface area contributed by atoms with Gasteiger partial charge >= 0.3 is 11.9 Å². The molecule has 3 atom stereocenters. The van der Waals surface area contributed by atoms with Gasteiger partial charge in [-0.05, 0) is 68.6 Å². The number of rotatable bonds is 14. The third kappa shape index (κ3) is 9.53. The van der Waals surface area contributed by atoms with Crippen molar-refractivity contribution in [1.82, 2.24) is 20.1 Å².